The summed E-state index contributed by atoms with van der Waals surface area (Å²) >= 11 is 0. The highest BCUT2D eigenvalue weighted by Crippen LogP contribution is 2.48. The van der Waals surface area contributed by atoms with Crippen molar-refractivity contribution in [2.75, 3.05) is 33.3 Å². The molecule has 1 saturated carbocycles. The first-order chi connectivity index (χ1) is 12.7. The van der Waals surface area contributed by atoms with Gasteiger partial charge in [0.25, 0.3) is 0 Å². The normalized spacial score (nSPS) is 19.9. The first-order valence-corrected chi connectivity index (χ1v) is 9.81. The standard InChI is InChI=1S/C21H31N3O2/c1-3-22-20(24-13-9-18(10-14-24)19(25)26-2)23-16-21(11-12-21)15-17-7-5-4-6-8-17/h4-8,18H,3,9-16H2,1-2H3,(H,22,23). The van der Waals surface area contributed by atoms with Crippen molar-refractivity contribution in [3.8, 4) is 0 Å². The van der Waals surface area contributed by atoms with Gasteiger partial charge in [-0.1, -0.05) is 30.3 Å². The van der Waals surface area contributed by atoms with Gasteiger partial charge in [-0.25, -0.2) is 0 Å². The van der Waals surface area contributed by atoms with Gasteiger partial charge >= 0.3 is 5.97 Å². The maximum Gasteiger partial charge on any atom is 0.308 e. The Labute approximate surface area is 156 Å². The molecule has 1 saturated heterocycles. The lowest BCUT2D eigenvalue weighted by molar-refractivity contribution is -0.146. The predicted octanol–water partition coefficient (Wildman–Crippen LogP) is 2.86. The van der Waals surface area contributed by atoms with Crippen molar-refractivity contribution in [3.63, 3.8) is 0 Å². The quantitative estimate of drug-likeness (QED) is 0.483. The van der Waals surface area contributed by atoms with E-state index in [1.54, 1.807) is 0 Å². The summed E-state index contributed by atoms with van der Waals surface area (Å²) in [6.07, 6.45) is 5.31. The van der Waals surface area contributed by atoms with E-state index in [-0.39, 0.29) is 11.9 Å². The number of piperidine rings is 1. The third-order valence-electron chi connectivity index (χ3n) is 5.61. The number of carbonyl (C=O) groups excluding carboxylic acids is 1. The highest BCUT2D eigenvalue weighted by Gasteiger charge is 2.42. The Morgan fingerprint density at radius 2 is 1.96 bits per heavy atom. The molecule has 0 bridgehead atoms. The highest BCUT2D eigenvalue weighted by atomic mass is 16.5. The molecule has 0 aromatic heterocycles. The molecule has 1 aliphatic carbocycles. The Bertz CT molecular complexity index is 617. The number of methoxy groups -OCH3 is 1. The number of hydrogen-bond donors (Lipinski definition) is 1. The molecule has 2 fully saturated rings. The second-order valence-electron chi connectivity index (χ2n) is 7.62. The van der Waals surface area contributed by atoms with E-state index in [9.17, 15) is 4.79 Å². The number of carbonyl (C=O) groups is 1. The molecular weight excluding hydrogens is 326 g/mol. The van der Waals surface area contributed by atoms with Gasteiger partial charge in [0.05, 0.1) is 13.0 Å². The van der Waals surface area contributed by atoms with Crippen molar-refractivity contribution in [2.24, 2.45) is 16.3 Å². The molecule has 26 heavy (non-hydrogen) atoms. The van der Waals surface area contributed by atoms with Crippen LogP contribution < -0.4 is 5.32 Å². The van der Waals surface area contributed by atoms with Crippen LogP contribution in [0.15, 0.2) is 35.3 Å². The Morgan fingerprint density at radius 3 is 2.54 bits per heavy atom. The maximum atomic E-state index is 11.7. The molecule has 0 radical (unpaired) electrons. The smallest absolute Gasteiger partial charge is 0.308 e. The fraction of sp³-hybridized carbons (Fsp3) is 0.619. The van der Waals surface area contributed by atoms with Gasteiger partial charge in [0, 0.05) is 26.2 Å². The molecule has 1 aromatic rings. The summed E-state index contributed by atoms with van der Waals surface area (Å²) in [5.74, 6) is 0.952. The van der Waals surface area contributed by atoms with Crippen molar-refractivity contribution in [3.05, 3.63) is 35.9 Å². The number of aliphatic imine (C=N–C) groups is 1. The lowest BCUT2D eigenvalue weighted by Gasteiger charge is -2.33. The second kappa shape index (κ2) is 8.56. The average Bonchev–Trinajstić information content (AvgIpc) is 3.45. The van der Waals surface area contributed by atoms with Gasteiger partial charge in [0.15, 0.2) is 5.96 Å². The topological polar surface area (TPSA) is 53.9 Å². The summed E-state index contributed by atoms with van der Waals surface area (Å²) in [6, 6.07) is 10.7. The molecule has 0 spiro atoms. The van der Waals surface area contributed by atoms with E-state index in [4.69, 9.17) is 9.73 Å². The molecule has 1 N–H and O–H groups in total. The summed E-state index contributed by atoms with van der Waals surface area (Å²) in [5, 5.41) is 3.43. The molecule has 2 aliphatic rings. The summed E-state index contributed by atoms with van der Waals surface area (Å²) < 4.78 is 4.89. The van der Waals surface area contributed by atoms with E-state index >= 15 is 0 Å². The van der Waals surface area contributed by atoms with Crippen LogP contribution in [0.25, 0.3) is 0 Å². The zero-order chi connectivity index (χ0) is 18.4. The Hall–Kier alpha value is -2.04. The zero-order valence-corrected chi connectivity index (χ0v) is 16.0. The van der Waals surface area contributed by atoms with Gasteiger partial charge in [-0.3, -0.25) is 9.79 Å². The molecule has 5 heteroatoms. The zero-order valence-electron chi connectivity index (χ0n) is 16.0. The van der Waals surface area contributed by atoms with Crippen LogP contribution in [0.2, 0.25) is 0 Å². The van der Waals surface area contributed by atoms with E-state index in [1.165, 1.54) is 25.5 Å². The molecule has 1 aromatic carbocycles. The van der Waals surface area contributed by atoms with E-state index < -0.39 is 0 Å². The number of hydrogen-bond acceptors (Lipinski definition) is 3. The summed E-state index contributed by atoms with van der Waals surface area (Å²) in [4.78, 5) is 19.0. The van der Waals surface area contributed by atoms with Crippen LogP contribution in [0.5, 0.6) is 0 Å². The van der Waals surface area contributed by atoms with Crippen LogP contribution in [0.1, 0.15) is 38.2 Å². The number of likely N-dealkylation sites (tertiary alicyclic amines) is 1. The number of guanidine groups is 1. The third-order valence-corrected chi connectivity index (χ3v) is 5.61. The molecule has 3 rings (SSSR count). The largest absolute Gasteiger partial charge is 0.469 e. The Balaban J connectivity index is 1.58. The minimum absolute atomic E-state index is 0.0342. The number of benzene rings is 1. The van der Waals surface area contributed by atoms with Crippen molar-refractivity contribution in [1.82, 2.24) is 10.2 Å². The van der Waals surface area contributed by atoms with E-state index in [1.807, 2.05) is 0 Å². The van der Waals surface area contributed by atoms with Gasteiger partial charge < -0.3 is 15.0 Å². The van der Waals surface area contributed by atoms with E-state index in [0.29, 0.717) is 5.41 Å². The molecule has 1 aliphatic heterocycles. The second-order valence-corrected chi connectivity index (χ2v) is 7.62. The van der Waals surface area contributed by atoms with Crippen LogP contribution in [-0.4, -0.2) is 50.1 Å². The summed E-state index contributed by atoms with van der Waals surface area (Å²) in [5.41, 5.74) is 1.75. The van der Waals surface area contributed by atoms with Crippen molar-refractivity contribution in [1.29, 1.82) is 0 Å². The third kappa shape index (κ3) is 4.77. The maximum absolute atomic E-state index is 11.7. The number of ether oxygens (including phenoxy) is 1. The first kappa shape index (κ1) is 18.7. The number of nitrogens with one attached hydrogen (secondary N) is 1. The van der Waals surface area contributed by atoms with Gasteiger partial charge in [-0.05, 0) is 50.0 Å². The molecule has 142 valence electrons. The number of nitrogens with zero attached hydrogens (tertiary/aromatic N) is 2. The van der Waals surface area contributed by atoms with Crippen LogP contribution >= 0.6 is 0 Å². The lowest BCUT2D eigenvalue weighted by atomic mass is 9.96. The number of esters is 1. The molecule has 5 nitrogen and oxygen atoms in total. The van der Waals surface area contributed by atoms with Crippen LogP contribution in [0.3, 0.4) is 0 Å². The molecular formula is C21H31N3O2. The van der Waals surface area contributed by atoms with Gasteiger partial charge in [0.2, 0.25) is 0 Å². The van der Waals surface area contributed by atoms with E-state index in [0.717, 1.165) is 51.4 Å². The lowest BCUT2D eigenvalue weighted by Crippen LogP contribution is -2.47. The van der Waals surface area contributed by atoms with Crippen molar-refractivity contribution < 1.29 is 9.53 Å². The molecule has 0 amide bonds. The van der Waals surface area contributed by atoms with E-state index in [2.05, 4.69) is 47.5 Å². The minimum Gasteiger partial charge on any atom is -0.469 e. The Morgan fingerprint density at radius 1 is 1.27 bits per heavy atom. The Kier molecular flexibility index (Phi) is 6.17. The van der Waals surface area contributed by atoms with Gasteiger partial charge in [0.1, 0.15) is 0 Å². The van der Waals surface area contributed by atoms with Crippen molar-refractivity contribution in [2.45, 2.75) is 39.0 Å². The van der Waals surface area contributed by atoms with Gasteiger partial charge in [-0.15, -0.1) is 0 Å². The highest BCUT2D eigenvalue weighted by molar-refractivity contribution is 5.80. The van der Waals surface area contributed by atoms with Crippen LogP contribution in [0, 0.1) is 11.3 Å². The monoisotopic (exact) mass is 357 g/mol. The molecule has 1 heterocycles. The molecule has 0 unspecified atom stereocenters. The van der Waals surface area contributed by atoms with Crippen LogP contribution in [0.4, 0.5) is 0 Å². The minimum atomic E-state index is -0.0774. The average molecular weight is 357 g/mol. The summed E-state index contributed by atoms with van der Waals surface area (Å²) in [7, 11) is 1.47. The SMILES string of the molecule is CCNC(=NCC1(Cc2ccccc2)CC1)N1CCC(C(=O)OC)CC1. The fourth-order valence-corrected chi connectivity index (χ4v) is 3.76. The fourth-order valence-electron chi connectivity index (χ4n) is 3.76. The first-order valence-electron chi connectivity index (χ1n) is 9.81. The number of rotatable bonds is 6. The van der Waals surface area contributed by atoms with Gasteiger partial charge in [-0.2, -0.15) is 0 Å². The van der Waals surface area contributed by atoms with Crippen LogP contribution in [-0.2, 0) is 16.0 Å². The molecule has 0 atom stereocenters. The summed E-state index contributed by atoms with van der Waals surface area (Å²) in [6.45, 7) is 5.56. The predicted molar refractivity (Wildman–Crippen MR) is 104 cm³/mol. The van der Waals surface area contributed by atoms with Crippen molar-refractivity contribution >= 4 is 11.9 Å².